The zero-order valence-electron chi connectivity index (χ0n) is 31.3. The van der Waals surface area contributed by atoms with Crippen molar-refractivity contribution in [2.45, 2.75) is 57.4 Å². The maximum atomic E-state index is 13.2. The summed E-state index contributed by atoms with van der Waals surface area (Å²) in [4.78, 5) is 78.8. The van der Waals surface area contributed by atoms with Crippen molar-refractivity contribution < 1.29 is 94.8 Å². The number of pyridine rings is 3. The number of nitrogens with one attached hydrogen (secondary N) is 3. The van der Waals surface area contributed by atoms with E-state index in [0.717, 1.165) is 71.3 Å². The van der Waals surface area contributed by atoms with E-state index in [1.165, 1.54) is 21.3 Å². The molecule has 0 aromatic carbocycles. The minimum Gasteiger partial charge on any atom is -0.530 e. The molecule has 0 aliphatic rings. The van der Waals surface area contributed by atoms with Gasteiger partial charge < -0.3 is 88.9 Å². The molecule has 0 radical (unpaired) electrons. The second-order valence-electron chi connectivity index (χ2n) is 12.5. The molecule has 0 bridgehead atoms. The summed E-state index contributed by atoms with van der Waals surface area (Å²) in [6, 6.07) is 2.69. The Hall–Kier alpha value is -4.91. The molecular weight excluding hydrogens is 873 g/mol. The fraction of sp³-hybridized carbons (Fsp3) is 0.455. The molecule has 3 amide bonds. The van der Waals surface area contributed by atoms with E-state index in [1.807, 2.05) is 16.0 Å². The van der Waals surface area contributed by atoms with E-state index in [-0.39, 0.29) is 75.1 Å². The SMILES string of the molecule is COCCn1ccc(=O)c(O)c1C(C)(NC(=O)[O-])N(C(C)(NC(=O)[O-])c1c(O)c(=O)ccn1CCOC)C(C)(NC(=O)[O-])c1c(O)c(=O)ccn1CCOC.[La+3]. The van der Waals surface area contributed by atoms with Crippen molar-refractivity contribution in [3.8, 4) is 17.2 Å². The monoisotopic (exact) mass is 915 g/mol. The van der Waals surface area contributed by atoms with Gasteiger partial charge in [0.15, 0.2) is 17.2 Å². The maximum absolute atomic E-state index is 13.2. The number of carbonyl (C=O) groups is 3. The number of aromatic nitrogens is 3. The molecule has 0 fully saturated rings. The molecule has 302 valence electrons. The Morgan fingerprint density at radius 2 is 0.821 bits per heavy atom. The summed E-state index contributed by atoms with van der Waals surface area (Å²) in [5.74, 6) is -3.56. The van der Waals surface area contributed by atoms with Gasteiger partial charge in [0.25, 0.3) is 0 Å². The van der Waals surface area contributed by atoms with Crippen LogP contribution >= 0.6 is 0 Å². The van der Waals surface area contributed by atoms with Crippen LogP contribution in [0.15, 0.2) is 51.2 Å². The molecule has 3 unspecified atom stereocenters. The van der Waals surface area contributed by atoms with Crippen LogP contribution in [0.1, 0.15) is 37.9 Å². The number of nitrogens with zero attached hydrogens (tertiary/aromatic N) is 4. The number of rotatable bonds is 18. The average molecular weight is 916 g/mol. The number of carboxylic acid groups (broad SMARTS) is 3. The maximum Gasteiger partial charge on any atom is 3.00 e. The van der Waals surface area contributed by atoms with Gasteiger partial charge in [-0.1, -0.05) is 0 Å². The molecule has 0 aliphatic heterocycles. The van der Waals surface area contributed by atoms with E-state index in [4.69, 9.17) is 14.2 Å². The number of carbonyl (C=O) groups excluding carboxylic acids is 3. The van der Waals surface area contributed by atoms with Gasteiger partial charge in [-0.15, -0.1) is 0 Å². The van der Waals surface area contributed by atoms with Crippen molar-refractivity contribution in [1.29, 1.82) is 0 Å². The fourth-order valence-corrected chi connectivity index (χ4v) is 6.95. The smallest absolute Gasteiger partial charge is 0.530 e. The van der Waals surface area contributed by atoms with E-state index < -0.39 is 85.9 Å². The first-order valence-corrected chi connectivity index (χ1v) is 16.3. The Labute approximate surface area is 346 Å². The number of aromatic hydroxyl groups is 3. The molecule has 22 nitrogen and oxygen atoms in total. The standard InChI is InChI=1S/C33H45N7O15.La/c1-31(34-28(47)48,25-22(44)19(41)7-10-37(25)13-16-53-4)40(32(2,35-29(49)50)26-23(45)20(42)8-11-38(26)14-17-54-5)33(3,36-30(51)52)27-24(46)21(43)9-12-39(27)15-18-55-6;/h7-12,34-36,44-46H,13-18H2,1-6H3,(H,47,48)(H,49,50)(H,51,52);/q;+3/p-3. The van der Waals surface area contributed by atoms with Crippen LogP contribution in [-0.4, -0.2) is 93.4 Å². The molecule has 0 saturated heterocycles. The van der Waals surface area contributed by atoms with E-state index in [2.05, 4.69) is 0 Å². The summed E-state index contributed by atoms with van der Waals surface area (Å²) in [5.41, 5.74) is -14.4. The Morgan fingerprint density at radius 1 is 0.589 bits per heavy atom. The summed E-state index contributed by atoms with van der Waals surface area (Å²) in [6.07, 6.45) is -3.26. The van der Waals surface area contributed by atoms with Gasteiger partial charge >= 0.3 is 35.6 Å². The zero-order valence-corrected chi connectivity index (χ0v) is 34.9. The molecule has 23 heteroatoms. The van der Waals surface area contributed by atoms with Crippen LogP contribution in [-0.2, 0) is 50.8 Å². The van der Waals surface area contributed by atoms with Gasteiger partial charge in [0.05, 0.1) is 19.8 Å². The molecule has 6 N–H and O–H groups in total. The Morgan fingerprint density at radius 3 is 1.02 bits per heavy atom. The second-order valence-corrected chi connectivity index (χ2v) is 12.5. The first kappa shape index (κ1) is 47.2. The van der Waals surface area contributed by atoms with Gasteiger partial charge in [-0.05, 0) is 20.8 Å². The third kappa shape index (κ3) is 9.54. The first-order chi connectivity index (χ1) is 25.7. The van der Waals surface area contributed by atoms with Crippen LogP contribution in [0, 0.1) is 35.6 Å². The minimum atomic E-state index is -2.94. The molecule has 3 heterocycles. The molecule has 56 heavy (non-hydrogen) atoms. The quantitative estimate of drug-likeness (QED) is 0.0668. The summed E-state index contributed by atoms with van der Waals surface area (Å²) < 4.78 is 18.8. The first-order valence-electron chi connectivity index (χ1n) is 16.3. The van der Waals surface area contributed by atoms with Crippen LogP contribution in [0.4, 0.5) is 14.4 Å². The summed E-state index contributed by atoms with van der Waals surface area (Å²) in [6.45, 7) is 1.51. The largest absolute Gasteiger partial charge is 3.00 e. The van der Waals surface area contributed by atoms with Crippen molar-refractivity contribution in [2.75, 3.05) is 41.2 Å². The van der Waals surface area contributed by atoms with Gasteiger partial charge in [-0.2, -0.15) is 0 Å². The number of amides is 3. The average Bonchev–Trinajstić information content (AvgIpc) is 3.08. The Kier molecular flexibility index (Phi) is 16.3. The molecule has 3 aromatic heterocycles. The topological polar surface area (TPSA) is 314 Å². The van der Waals surface area contributed by atoms with Crippen LogP contribution < -0.4 is 47.6 Å². The molecular formula is C33H42LaN7O15. The number of hydrogen-bond acceptors (Lipinski definition) is 16. The molecule has 3 rings (SSSR count). The van der Waals surface area contributed by atoms with E-state index in [1.54, 1.807) is 0 Å². The number of ether oxygens (including phenoxy) is 3. The summed E-state index contributed by atoms with van der Waals surface area (Å²) >= 11 is 0. The zero-order chi connectivity index (χ0) is 41.5. The summed E-state index contributed by atoms with van der Waals surface area (Å²) in [5, 5.41) is 79.3. The predicted molar refractivity (Wildman–Crippen MR) is 182 cm³/mol. The second kappa shape index (κ2) is 19.3. The van der Waals surface area contributed by atoms with Crippen LogP contribution in [0.25, 0.3) is 0 Å². The predicted octanol–water partition coefficient (Wildman–Crippen LogP) is -3.75. The third-order valence-electron chi connectivity index (χ3n) is 8.82. The van der Waals surface area contributed by atoms with Gasteiger partial charge in [-0.25, -0.2) is 4.90 Å². The van der Waals surface area contributed by atoms with Crippen LogP contribution in [0.5, 0.6) is 17.2 Å². The van der Waals surface area contributed by atoms with Gasteiger partial charge in [0.2, 0.25) is 16.3 Å². The molecule has 0 spiro atoms. The van der Waals surface area contributed by atoms with Gasteiger partial charge in [0, 0.05) is 77.8 Å². The molecule has 3 atom stereocenters. The van der Waals surface area contributed by atoms with Crippen molar-refractivity contribution in [1.82, 2.24) is 34.6 Å². The Bertz CT molecular complexity index is 1860. The van der Waals surface area contributed by atoms with E-state index in [0.29, 0.717) is 4.90 Å². The minimum absolute atomic E-state index is 0. The van der Waals surface area contributed by atoms with Crippen molar-refractivity contribution in [3.63, 3.8) is 0 Å². The van der Waals surface area contributed by atoms with Gasteiger partial charge in [0.1, 0.15) is 52.4 Å². The van der Waals surface area contributed by atoms with Crippen molar-refractivity contribution in [3.05, 3.63) is 84.5 Å². The summed E-state index contributed by atoms with van der Waals surface area (Å²) in [7, 11) is 3.89. The van der Waals surface area contributed by atoms with E-state index >= 15 is 0 Å². The number of hydrogen-bond donors (Lipinski definition) is 6. The normalized spacial score (nSPS) is 14.4. The van der Waals surface area contributed by atoms with Crippen LogP contribution in [0.2, 0.25) is 0 Å². The van der Waals surface area contributed by atoms with Crippen molar-refractivity contribution >= 4 is 18.3 Å². The van der Waals surface area contributed by atoms with Crippen molar-refractivity contribution in [2.24, 2.45) is 0 Å². The Balaban J connectivity index is 0.0000108. The van der Waals surface area contributed by atoms with E-state index in [9.17, 15) is 59.4 Å². The molecule has 0 saturated carbocycles. The number of methoxy groups -OCH3 is 3. The van der Waals surface area contributed by atoms with Crippen LogP contribution in [0.3, 0.4) is 0 Å². The third-order valence-corrected chi connectivity index (χ3v) is 8.82. The molecule has 0 aliphatic carbocycles. The fourth-order valence-electron chi connectivity index (χ4n) is 6.95. The molecule has 3 aromatic rings. The van der Waals surface area contributed by atoms with Gasteiger partial charge in [-0.3, -0.25) is 14.4 Å².